The van der Waals surface area contributed by atoms with E-state index in [1.807, 2.05) is 0 Å². The Labute approximate surface area is 528 Å². The lowest BCUT2D eigenvalue weighted by Crippen LogP contribution is -2.28. The largest absolute Gasteiger partial charge is 0.494 e. The molecular formula is C83H136O2. The van der Waals surface area contributed by atoms with E-state index in [-0.39, 0.29) is 21.7 Å². The smallest absolute Gasteiger partial charge is 0.131 e. The first kappa shape index (κ1) is 73.9. The zero-order valence-electron chi connectivity index (χ0n) is 60.2. The fourth-order valence-electron chi connectivity index (χ4n) is 13.5. The Morgan fingerprint density at radius 2 is 0.612 bits per heavy atom. The first-order valence-corrected chi connectivity index (χ1v) is 35.8. The summed E-state index contributed by atoms with van der Waals surface area (Å²) < 4.78 is 14.6. The van der Waals surface area contributed by atoms with Gasteiger partial charge in [0.2, 0.25) is 0 Å². The predicted molar refractivity (Wildman–Crippen MR) is 379 cm³/mol. The molecule has 4 aromatic carbocycles. The number of benzene rings is 4. The highest BCUT2D eigenvalue weighted by molar-refractivity contribution is 5.98. The van der Waals surface area contributed by atoms with Gasteiger partial charge in [-0.25, -0.2) is 0 Å². The number of unbranched alkanes of at least 4 members (excludes halogenated alkanes) is 16. The molecule has 4 rings (SSSR count). The third-order valence-corrected chi connectivity index (χ3v) is 18.5. The normalized spacial score (nSPS) is 12.9. The topological polar surface area (TPSA) is 18.5 Å². The quantitative estimate of drug-likeness (QED) is 0.0417. The van der Waals surface area contributed by atoms with E-state index in [0.29, 0.717) is 0 Å². The number of hydrogen-bond acceptors (Lipinski definition) is 2. The van der Waals surface area contributed by atoms with Gasteiger partial charge in [0, 0.05) is 11.0 Å². The fourth-order valence-corrected chi connectivity index (χ4v) is 13.5. The lowest BCUT2D eigenvalue weighted by Gasteiger charge is -2.40. The van der Waals surface area contributed by atoms with Gasteiger partial charge in [0.1, 0.15) is 11.5 Å². The zero-order valence-corrected chi connectivity index (χ0v) is 60.2. The third kappa shape index (κ3) is 23.7. The SMILES string of the molecule is CC(C)CCCCCCCOc1ccc(C(C)(C)c2c(CCCCCCCC(C)C)c(CCCCCCCC(C)C)c(OCCCCCCCC(C)C)c(-c3c(C(C)(C)C)cccc3C(C)(C)C)c2-c2c(C(C)(C)C)cccc2C(C)(C)C)cc1. The van der Waals surface area contributed by atoms with E-state index in [2.05, 4.69) is 213 Å². The molecule has 0 atom stereocenters. The van der Waals surface area contributed by atoms with Crippen molar-refractivity contribution < 1.29 is 9.47 Å². The summed E-state index contributed by atoms with van der Waals surface area (Å²) >= 11 is 0. The maximum absolute atomic E-state index is 8.02. The minimum Gasteiger partial charge on any atom is -0.494 e. The molecule has 0 radical (unpaired) electrons. The summed E-state index contributed by atoms with van der Waals surface area (Å²) in [6.07, 6.45) is 32.5. The molecular weight excluding hydrogens is 1030 g/mol. The number of hydrogen-bond donors (Lipinski definition) is 0. The highest BCUT2D eigenvalue weighted by Crippen LogP contribution is 2.58. The molecule has 2 nitrogen and oxygen atoms in total. The number of ether oxygens (including phenoxy) is 2. The highest BCUT2D eigenvalue weighted by atomic mass is 16.5. The van der Waals surface area contributed by atoms with Gasteiger partial charge in [-0.1, -0.05) is 329 Å². The Balaban J connectivity index is 2.29. The van der Waals surface area contributed by atoms with E-state index in [9.17, 15) is 0 Å². The summed E-state index contributed by atoms with van der Waals surface area (Å²) in [5.41, 5.74) is 16.2. The first-order chi connectivity index (χ1) is 39.9. The zero-order chi connectivity index (χ0) is 63.2. The summed E-state index contributed by atoms with van der Waals surface area (Å²) in [5, 5.41) is 0. The summed E-state index contributed by atoms with van der Waals surface area (Å²) in [6, 6.07) is 24.2. The van der Waals surface area contributed by atoms with E-state index in [1.54, 1.807) is 5.56 Å². The fraction of sp³-hybridized carbons (Fsp3) is 0.711. The summed E-state index contributed by atoms with van der Waals surface area (Å²) in [7, 11) is 0. The van der Waals surface area contributed by atoms with Gasteiger partial charge in [0.15, 0.2) is 0 Å². The van der Waals surface area contributed by atoms with Crippen LogP contribution in [0.4, 0.5) is 0 Å². The van der Waals surface area contributed by atoms with Crippen LogP contribution in [-0.2, 0) is 39.9 Å². The Hall–Kier alpha value is -3.52. The summed E-state index contributed by atoms with van der Waals surface area (Å²) in [4.78, 5) is 0. The summed E-state index contributed by atoms with van der Waals surface area (Å²) in [6.45, 7) is 55.2. The van der Waals surface area contributed by atoms with Crippen LogP contribution in [-0.4, -0.2) is 13.2 Å². The van der Waals surface area contributed by atoms with E-state index >= 15 is 0 Å². The molecule has 0 fully saturated rings. The molecule has 4 aromatic rings. The van der Waals surface area contributed by atoms with E-state index < -0.39 is 5.41 Å². The van der Waals surface area contributed by atoms with Crippen LogP contribution in [0.5, 0.6) is 11.5 Å². The van der Waals surface area contributed by atoms with Crippen molar-refractivity contribution in [3.05, 3.63) is 105 Å². The average Bonchev–Trinajstić information content (AvgIpc) is 0.785. The van der Waals surface area contributed by atoms with Crippen LogP contribution in [0.15, 0.2) is 60.7 Å². The Morgan fingerprint density at radius 3 is 0.965 bits per heavy atom. The molecule has 0 heterocycles. The molecule has 0 spiro atoms. The van der Waals surface area contributed by atoms with Gasteiger partial charge >= 0.3 is 0 Å². The molecule has 0 N–H and O–H groups in total. The van der Waals surface area contributed by atoms with E-state index in [1.165, 1.54) is 202 Å². The van der Waals surface area contributed by atoms with Crippen LogP contribution in [0.2, 0.25) is 0 Å². The first-order valence-electron chi connectivity index (χ1n) is 35.8. The molecule has 85 heavy (non-hydrogen) atoms. The maximum atomic E-state index is 8.02. The van der Waals surface area contributed by atoms with Crippen LogP contribution in [0.3, 0.4) is 0 Å². The molecule has 2 heteroatoms. The standard InChI is InChI=1S/C83H136O2/c1-61(2)45-35-27-23-31-39-49-67-68(50-40-32-24-28-36-46-62(3)4)78(85-60-42-34-26-30-38-48-64(7)8)76(74-71(81(15,16)17)53-44-54-72(74)82(18,19)20)75(73-69(79(9,10)11)51-43-52-70(73)80(12,13)14)77(67)83(21,22)65-55-57-66(58-56-65)84-59-41-33-25-29-37-47-63(5)6/h43-44,51-58,61-64H,23-42,45-50,59-60H2,1-22H3. The van der Waals surface area contributed by atoms with Crippen LogP contribution >= 0.6 is 0 Å². The van der Waals surface area contributed by atoms with Gasteiger partial charge in [0.05, 0.1) is 13.2 Å². The minimum absolute atomic E-state index is 0.152. The van der Waals surface area contributed by atoms with Gasteiger partial charge in [0.25, 0.3) is 0 Å². The molecule has 480 valence electrons. The van der Waals surface area contributed by atoms with Crippen LogP contribution in [0.25, 0.3) is 22.3 Å². The van der Waals surface area contributed by atoms with Crippen molar-refractivity contribution in [2.45, 2.75) is 346 Å². The maximum Gasteiger partial charge on any atom is 0.131 e. The average molecular weight is 1170 g/mol. The van der Waals surface area contributed by atoms with Crippen molar-refractivity contribution in [3.8, 4) is 33.8 Å². The molecule has 0 aliphatic rings. The van der Waals surface area contributed by atoms with Crippen LogP contribution in [0.1, 0.15) is 351 Å². The van der Waals surface area contributed by atoms with E-state index in [4.69, 9.17) is 9.47 Å². The monoisotopic (exact) mass is 1170 g/mol. The van der Waals surface area contributed by atoms with E-state index in [0.717, 1.165) is 74.7 Å². The highest BCUT2D eigenvalue weighted by Gasteiger charge is 2.41. The molecule has 0 aliphatic carbocycles. The van der Waals surface area contributed by atoms with Gasteiger partial charge in [-0.2, -0.15) is 0 Å². The van der Waals surface area contributed by atoms with Gasteiger partial charge in [-0.15, -0.1) is 0 Å². The van der Waals surface area contributed by atoms with Gasteiger partial charge in [-0.05, 0) is 157 Å². The van der Waals surface area contributed by atoms with Gasteiger partial charge in [-0.3, -0.25) is 0 Å². The van der Waals surface area contributed by atoms with Crippen molar-refractivity contribution in [1.82, 2.24) is 0 Å². The van der Waals surface area contributed by atoms with Crippen LogP contribution < -0.4 is 9.47 Å². The molecule has 0 amide bonds. The lowest BCUT2D eigenvalue weighted by molar-refractivity contribution is 0.301. The number of rotatable bonds is 38. The van der Waals surface area contributed by atoms with Crippen molar-refractivity contribution >= 4 is 0 Å². The summed E-state index contributed by atoms with van der Waals surface area (Å²) in [5.74, 6) is 5.25. The van der Waals surface area contributed by atoms with Crippen molar-refractivity contribution in [2.75, 3.05) is 13.2 Å². The molecule has 0 saturated carbocycles. The van der Waals surface area contributed by atoms with Crippen molar-refractivity contribution in [3.63, 3.8) is 0 Å². The van der Waals surface area contributed by atoms with Crippen molar-refractivity contribution in [1.29, 1.82) is 0 Å². The molecule has 0 unspecified atom stereocenters. The van der Waals surface area contributed by atoms with Crippen molar-refractivity contribution in [2.24, 2.45) is 23.7 Å². The second kappa shape index (κ2) is 35.0. The Bertz CT molecular complexity index is 2450. The minimum atomic E-state index is -0.413. The Morgan fingerprint density at radius 1 is 0.306 bits per heavy atom. The van der Waals surface area contributed by atoms with Gasteiger partial charge < -0.3 is 9.47 Å². The second-order valence-corrected chi connectivity index (χ2v) is 33.0. The molecule has 0 saturated heterocycles. The Kier molecular flexibility index (Phi) is 30.5. The second-order valence-electron chi connectivity index (χ2n) is 33.0. The predicted octanol–water partition coefficient (Wildman–Crippen LogP) is 26.4. The molecule has 0 bridgehead atoms. The molecule has 0 aromatic heterocycles. The lowest BCUT2D eigenvalue weighted by atomic mass is 9.64. The van der Waals surface area contributed by atoms with Crippen LogP contribution in [0, 0.1) is 23.7 Å². The molecule has 0 aliphatic heterocycles. The third-order valence-electron chi connectivity index (χ3n) is 18.5.